The van der Waals surface area contributed by atoms with E-state index in [0.717, 1.165) is 11.6 Å². The molecule has 3 aromatic rings. The normalized spacial score (nSPS) is 12.2. The molecule has 1 amide bonds. The van der Waals surface area contributed by atoms with Gasteiger partial charge in [-0.15, -0.1) is 0 Å². The molecule has 0 fully saturated rings. The van der Waals surface area contributed by atoms with Gasteiger partial charge in [-0.05, 0) is 36.3 Å². The molecule has 1 aromatic heterocycles. The smallest absolute Gasteiger partial charge is 0.253 e. The molecule has 1 atom stereocenters. The number of hydrogen-bond donors (Lipinski definition) is 4. The summed E-state index contributed by atoms with van der Waals surface area (Å²) in [6, 6.07) is 11.6. The SMILES string of the molecule is O=C(NCCC(O)c1ccccc1)c1cc(F)cc2[nH]c(=S)[nH]c12. The minimum absolute atomic E-state index is 0.173. The van der Waals surface area contributed by atoms with Gasteiger partial charge in [0.15, 0.2) is 4.77 Å². The van der Waals surface area contributed by atoms with Crippen molar-refractivity contribution in [1.82, 2.24) is 15.3 Å². The van der Waals surface area contributed by atoms with Gasteiger partial charge in [0.2, 0.25) is 0 Å². The minimum atomic E-state index is -0.669. The predicted molar refractivity (Wildman–Crippen MR) is 91.8 cm³/mol. The Bertz CT molecular complexity index is 920. The molecule has 7 heteroatoms. The summed E-state index contributed by atoms with van der Waals surface area (Å²) < 4.78 is 14.0. The van der Waals surface area contributed by atoms with Gasteiger partial charge in [0.1, 0.15) is 5.82 Å². The Labute approximate surface area is 142 Å². The lowest BCUT2D eigenvalue weighted by atomic mass is 10.1. The van der Waals surface area contributed by atoms with Crippen LogP contribution in [0.5, 0.6) is 0 Å². The number of hydrogen-bond acceptors (Lipinski definition) is 3. The molecular formula is C17H16FN3O2S. The summed E-state index contributed by atoms with van der Waals surface area (Å²) in [5.41, 5.74) is 1.86. The number of carbonyl (C=O) groups is 1. The first-order valence-electron chi connectivity index (χ1n) is 7.47. The Morgan fingerprint density at radius 1 is 1.25 bits per heavy atom. The Hall–Kier alpha value is -2.51. The van der Waals surface area contributed by atoms with Crippen molar-refractivity contribution in [2.75, 3.05) is 6.54 Å². The average molecular weight is 345 g/mol. The second kappa shape index (κ2) is 6.94. The number of halogens is 1. The third kappa shape index (κ3) is 3.52. The van der Waals surface area contributed by atoms with E-state index in [9.17, 15) is 14.3 Å². The third-order valence-electron chi connectivity index (χ3n) is 3.72. The maximum Gasteiger partial charge on any atom is 0.253 e. The fourth-order valence-corrected chi connectivity index (χ4v) is 2.76. The molecule has 0 aliphatic carbocycles. The highest BCUT2D eigenvalue weighted by Gasteiger charge is 2.14. The topological polar surface area (TPSA) is 80.9 Å². The van der Waals surface area contributed by atoms with Gasteiger partial charge in [-0.2, -0.15) is 0 Å². The van der Waals surface area contributed by atoms with Gasteiger partial charge in [0.05, 0.1) is 22.7 Å². The molecule has 2 aromatic carbocycles. The van der Waals surface area contributed by atoms with E-state index in [1.165, 1.54) is 6.07 Å². The zero-order valence-electron chi connectivity index (χ0n) is 12.7. The maximum absolute atomic E-state index is 13.7. The van der Waals surface area contributed by atoms with E-state index in [1.54, 1.807) is 0 Å². The summed E-state index contributed by atoms with van der Waals surface area (Å²) in [6.07, 6.45) is -0.311. The Morgan fingerprint density at radius 2 is 2.00 bits per heavy atom. The zero-order valence-corrected chi connectivity index (χ0v) is 13.5. The van der Waals surface area contributed by atoms with Crippen molar-refractivity contribution in [1.29, 1.82) is 0 Å². The molecule has 1 heterocycles. The van der Waals surface area contributed by atoms with Gasteiger partial charge in [-0.1, -0.05) is 30.3 Å². The number of rotatable bonds is 5. The fraction of sp³-hybridized carbons (Fsp3) is 0.176. The Morgan fingerprint density at radius 3 is 2.75 bits per heavy atom. The molecule has 0 aliphatic heterocycles. The van der Waals surface area contributed by atoms with E-state index >= 15 is 0 Å². The Kier molecular flexibility index (Phi) is 4.73. The quantitative estimate of drug-likeness (QED) is 0.536. The molecule has 0 aliphatic rings. The van der Waals surface area contributed by atoms with E-state index in [2.05, 4.69) is 15.3 Å². The van der Waals surface area contributed by atoms with Crippen LogP contribution in [-0.2, 0) is 0 Å². The number of nitrogens with one attached hydrogen (secondary N) is 3. The second-order valence-corrected chi connectivity index (χ2v) is 5.83. The van der Waals surface area contributed by atoms with Crippen molar-refractivity contribution in [3.63, 3.8) is 0 Å². The molecule has 0 bridgehead atoms. The largest absolute Gasteiger partial charge is 0.388 e. The molecule has 3 rings (SSSR count). The van der Waals surface area contributed by atoms with Crippen LogP contribution in [0.3, 0.4) is 0 Å². The van der Waals surface area contributed by atoms with Crippen LogP contribution in [0.2, 0.25) is 0 Å². The summed E-state index contributed by atoms with van der Waals surface area (Å²) >= 11 is 4.98. The standard InChI is InChI=1S/C17H16FN3O2S/c18-11-8-12(15-13(9-11)20-17(24)21-15)16(23)19-7-6-14(22)10-4-2-1-3-5-10/h1-5,8-9,14,22H,6-7H2,(H,19,23)(H2,20,21,24). The van der Waals surface area contributed by atoms with Crippen molar-refractivity contribution in [2.45, 2.75) is 12.5 Å². The molecule has 0 spiro atoms. The highest BCUT2D eigenvalue weighted by Crippen LogP contribution is 2.18. The van der Waals surface area contributed by atoms with Crippen LogP contribution >= 0.6 is 12.2 Å². The first-order chi connectivity index (χ1) is 11.5. The lowest BCUT2D eigenvalue weighted by Crippen LogP contribution is -2.26. The van der Waals surface area contributed by atoms with Crippen LogP contribution in [0, 0.1) is 10.6 Å². The summed E-state index contributed by atoms with van der Waals surface area (Å²) in [7, 11) is 0. The first-order valence-corrected chi connectivity index (χ1v) is 7.88. The van der Waals surface area contributed by atoms with Gasteiger partial charge in [-0.3, -0.25) is 4.79 Å². The number of H-pyrrole nitrogens is 2. The summed E-state index contributed by atoms with van der Waals surface area (Å²) in [5, 5.41) is 12.8. The molecule has 4 N–H and O–H groups in total. The molecule has 5 nitrogen and oxygen atoms in total. The van der Waals surface area contributed by atoms with Crippen LogP contribution in [0.1, 0.15) is 28.4 Å². The second-order valence-electron chi connectivity index (χ2n) is 5.43. The lowest BCUT2D eigenvalue weighted by molar-refractivity contribution is 0.0943. The van der Waals surface area contributed by atoms with Gasteiger partial charge in [-0.25, -0.2) is 4.39 Å². The van der Waals surface area contributed by atoms with E-state index in [4.69, 9.17) is 12.2 Å². The fourth-order valence-electron chi connectivity index (χ4n) is 2.55. The van der Waals surface area contributed by atoms with Crippen LogP contribution < -0.4 is 5.32 Å². The van der Waals surface area contributed by atoms with Gasteiger partial charge >= 0.3 is 0 Å². The van der Waals surface area contributed by atoms with E-state index in [-0.39, 0.29) is 12.1 Å². The van der Waals surface area contributed by atoms with Crippen LogP contribution in [0.4, 0.5) is 4.39 Å². The molecule has 24 heavy (non-hydrogen) atoms. The van der Waals surface area contributed by atoms with E-state index < -0.39 is 17.8 Å². The van der Waals surface area contributed by atoms with Crippen LogP contribution in [0.25, 0.3) is 11.0 Å². The van der Waals surface area contributed by atoms with Crippen LogP contribution in [-0.4, -0.2) is 27.5 Å². The lowest BCUT2D eigenvalue weighted by Gasteiger charge is -2.12. The number of aromatic amines is 2. The maximum atomic E-state index is 13.7. The van der Waals surface area contributed by atoms with Crippen molar-refractivity contribution < 1.29 is 14.3 Å². The molecule has 0 saturated carbocycles. The highest BCUT2D eigenvalue weighted by atomic mass is 32.1. The number of amides is 1. The number of imidazole rings is 1. The summed E-state index contributed by atoms with van der Waals surface area (Å²) in [5.74, 6) is -0.952. The molecular weight excluding hydrogens is 329 g/mol. The van der Waals surface area contributed by atoms with Crippen molar-refractivity contribution in [2.24, 2.45) is 0 Å². The van der Waals surface area contributed by atoms with E-state index in [0.29, 0.717) is 22.2 Å². The van der Waals surface area contributed by atoms with Crippen molar-refractivity contribution in [3.05, 3.63) is 64.2 Å². The predicted octanol–water partition coefficient (Wildman–Crippen LogP) is 3.22. The third-order valence-corrected chi connectivity index (χ3v) is 3.93. The summed E-state index contributed by atoms with van der Waals surface area (Å²) in [6.45, 7) is 0.262. The number of benzene rings is 2. The number of aliphatic hydroxyl groups excluding tert-OH is 1. The molecule has 1 unspecified atom stereocenters. The first kappa shape index (κ1) is 16.4. The van der Waals surface area contributed by atoms with Gasteiger partial charge < -0.3 is 20.4 Å². The highest BCUT2D eigenvalue weighted by molar-refractivity contribution is 7.71. The van der Waals surface area contributed by atoms with E-state index in [1.807, 2.05) is 30.3 Å². The van der Waals surface area contributed by atoms with Crippen molar-refractivity contribution in [3.8, 4) is 0 Å². The molecule has 0 saturated heterocycles. The molecule has 0 radical (unpaired) electrons. The summed E-state index contributed by atoms with van der Waals surface area (Å²) in [4.78, 5) is 17.9. The van der Waals surface area contributed by atoms with Crippen LogP contribution in [0.15, 0.2) is 42.5 Å². The average Bonchev–Trinajstić information content (AvgIpc) is 2.94. The number of fused-ring (bicyclic) bond motifs is 1. The molecule has 124 valence electrons. The number of carbonyl (C=O) groups excluding carboxylic acids is 1. The zero-order chi connectivity index (χ0) is 17.1. The van der Waals surface area contributed by atoms with Crippen molar-refractivity contribution >= 4 is 29.2 Å². The Balaban J connectivity index is 1.68. The number of aliphatic hydroxyl groups is 1. The minimum Gasteiger partial charge on any atom is -0.388 e. The number of aromatic nitrogens is 2. The monoisotopic (exact) mass is 345 g/mol. The van der Waals surface area contributed by atoms with Gasteiger partial charge in [0, 0.05) is 6.54 Å². The van der Waals surface area contributed by atoms with Gasteiger partial charge in [0.25, 0.3) is 5.91 Å².